The van der Waals surface area contributed by atoms with E-state index < -0.39 is 0 Å². The minimum atomic E-state index is 0.108. The van der Waals surface area contributed by atoms with Gasteiger partial charge in [-0.05, 0) is 0 Å². The Morgan fingerprint density at radius 3 is 2.64 bits per heavy atom. The van der Waals surface area contributed by atoms with Gasteiger partial charge in [0.05, 0.1) is 25.8 Å². The van der Waals surface area contributed by atoms with Crippen molar-refractivity contribution in [2.24, 2.45) is 0 Å². The van der Waals surface area contributed by atoms with Crippen molar-refractivity contribution in [3.63, 3.8) is 0 Å². The number of rotatable bonds is 3. The highest BCUT2D eigenvalue weighted by atomic mass is 16.5. The molecule has 1 amide bonds. The van der Waals surface area contributed by atoms with Crippen molar-refractivity contribution < 1.29 is 9.53 Å². The number of nitrogens with zero attached hydrogens (tertiary/aromatic N) is 1. The highest BCUT2D eigenvalue weighted by molar-refractivity contribution is 5.77. The average molecular weight is 158 g/mol. The van der Waals surface area contributed by atoms with Gasteiger partial charge < -0.3 is 15.0 Å². The van der Waals surface area contributed by atoms with E-state index in [0.29, 0.717) is 12.6 Å². The van der Waals surface area contributed by atoms with Crippen LogP contribution in [0.5, 0.6) is 0 Å². The molecule has 0 unspecified atom stereocenters. The van der Waals surface area contributed by atoms with Gasteiger partial charge in [-0.25, -0.2) is 0 Å². The first-order valence-corrected chi connectivity index (χ1v) is 3.71. The van der Waals surface area contributed by atoms with Crippen LogP contribution in [0.1, 0.15) is 0 Å². The van der Waals surface area contributed by atoms with Gasteiger partial charge in [0.1, 0.15) is 0 Å². The van der Waals surface area contributed by atoms with E-state index >= 15 is 0 Å². The van der Waals surface area contributed by atoms with Gasteiger partial charge in [-0.2, -0.15) is 0 Å². The fraction of sp³-hybridized carbons (Fsp3) is 0.857. The summed E-state index contributed by atoms with van der Waals surface area (Å²) in [4.78, 5) is 12.6. The zero-order valence-corrected chi connectivity index (χ0v) is 6.96. The fourth-order valence-electron chi connectivity index (χ4n) is 0.743. The van der Waals surface area contributed by atoms with E-state index in [9.17, 15) is 4.79 Å². The smallest absolute Gasteiger partial charge is 0.236 e. The fourth-order valence-corrected chi connectivity index (χ4v) is 0.743. The Kier molecular flexibility index (Phi) is 2.84. The molecule has 1 heterocycles. The molecule has 0 saturated carbocycles. The summed E-state index contributed by atoms with van der Waals surface area (Å²) in [6.07, 6.45) is 0. The molecule has 1 aliphatic heterocycles. The maximum atomic E-state index is 11.0. The second-order valence-electron chi connectivity index (χ2n) is 2.90. The molecule has 1 saturated heterocycles. The lowest BCUT2D eigenvalue weighted by molar-refractivity contribution is -0.128. The minimum absolute atomic E-state index is 0.108. The van der Waals surface area contributed by atoms with Crippen LogP contribution < -0.4 is 5.32 Å². The van der Waals surface area contributed by atoms with Gasteiger partial charge in [-0.15, -0.1) is 0 Å². The van der Waals surface area contributed by atoms with Crippen LogP contribution in [0.25, 0.3) is 0 Å². The molecule has 0 spiro atoms. The maximum Gasteiger partial charge on any atom is 0.236 e. The van der Waals surface area contributed by atoms with Crippen LogP contribution in [0.3, 0.4) is 0 Å². The molecule has 1 aliphatic rings. The van der Waals surface area contributed by atoms with Crippen LogP contribution in [-0.2, 0) is 9.53 Å². The molecule has 0 atom stereocenters. The monoisotopic (exact) mass is 158 g/mol. The van der Waals surface area contributed by atoms with Crippen LogP contribution in [0.15, 0.2) is 0 Å². The summed E-state index contributed by atoms with van der Waals surface area (Å²) < 4.78 is 4.94. The number of carbonyl (C=O) groups is 1. The number of amides is 1. The first kappa shape index (κ1) is 8.49. The van der Waals surface area contributed by atoms with E-state index in [1.54, 1.807) is 19.0 Å². The molecular weight excluding hydrogens is 144 g/mol. The van der Waals surface area contributed by atoms with E-state index in [1.165, 1.54) is 0 Å². The van der Waals surface area contributed by atoms with Crippen molar-refractivity contribution in [3.05, 3.63) is 0 Å². The standard InChI is InChI=1S/C7H14N2O2/c1-9(2)7(10)3-8-6-4-11-5-6/h6,8H,3-5H2,1-2H3. The number of hydrogen-bond donors (Lipinski definition) is 1. The van der Waals surface area contributed by atoms with Gasteiger partial charge in [0.2, 0.25) is 5.91 Å². The topological polar surface area (TPSA) is 41.6 Å². The first-order valence-electron chi connectivity index (χ1n) is 3.71. The molecule has 0 radical (unpaired) electrons. The molecule has 0 aromatic rings. The Labute approximate surface area is 66.5 Å². The summed E-state index contributed by atoms with van der Waals surface area (Å²) in [6.45, 7) is 1.89. The van der Waals surface area contributed by atoms with Gasteiger partial charge in [-0.1, -0.05) is 0 Å². The molecule has 4 nitrogen and oxygen atoms in total. The van der Waals surface area contributed by atoms with Crippen molar-refractivity contribution in [2.45, 2.75) is 6.04 Å². The van der Waals surface area contributed by atoms with Crippen LogP contribution in [0, 0.1) is 0 Å². The Morgan fingerprint density at radius 1 is 1.64 bits per heavy atom. The van der Waals surface area contributed by atoms with Crippen LogP contribution in [0.2, 0.25) is 0 Å². The second kappa shape index (κ2) is 3.69. The number of nitrogens with one attached hydrogen (secondary N) is 1. The summed E-state index contributed by atoms with van der Waals surface area (Å²) in [5.41, 5.74) is 0. The maximum absolute atomic E-state index is 11.0. The Balaban J connectivity index is 2.06. The lowest BCUT2D eigenvalue weighted by Crippen LogP contribution is -2.49. The molecule has 11 heavy (non-hydrogen) atoms. The quantitative estimate of drug-likeness (QED) is 0.576. The number of carbonyl (C=O) groups excluding carboxylic acids is 1. The molecule has 1 fully saturated rings. The third-order valence-corrected chi connectivity index (χ3v) is 1.68. The predicted molar refractivity (Wildman–Crippen MR) is 41.3 cm³/mol. The van der Waals surface area contributed by atoms with E-state index in [0.717, 1.165) is 13.2 Å². The van der Waals surface area contributed by atoms with Crippen LogP contribution in [-0.4, -0.2) is 50.7 Å². The molecule has 0 aliphatic carbocycles. The van der Waals surface area contributed by atoms with Gasteiger partial charge in [0.15, 0.2) is 0 Å². The van der Waals surface area contributed by atoms with Crippen molar-refractivity contribution in [3.8, 4) is 0 Å². The number of hydrogen-bond acceptors (Lipinski definition) is 3. The average Bonchev–Trinajstić information content (AvgIpc) is 1.83. The third-order valence-electron chi connectivity index (χ3n) is 1.68. The Hall–Kier alpha value is -0.610. The van der Waals surface area contributed by atoms with Gasteiger partial charge in [-0.3, -0.25) is 4.79 Å². The van der Waals surface area contributed by atoms with E-state index in [-0.39, 0.29) is 5.91 Å². The summed E-state index contributed by atoms with van der Waals surface area (Å²) in [7, 11) is 3.50. The van der Waals surface area contributed by atoms with Crippen LogP contribution in [0.4, 0.5) is 0 Å². The number of ether oxygens (including phenoxy) is 1. The number of likely N-dealkylation sites (N-methyl/N-ethyl adjacent to an activating group) is 1. The molecule has 0 aromatic heterocycles. The molecule has 0 bridgehead atoms. The SMILES string of the molecule is CN(C)C(=O)CNC1COC1. The van der Waals surface area contributed by atoms with Crippen molar-refractivity contribution in [1.82, 2.24) is 10.2 Å². The first-order chi connectivity index (χ1) is 5.20. The lowest BCUT2D eigenvalue weighted by Gasteiger charge is -2.27. The summed E-state index contributed by atoms with van der Waals surface area (Å²) in [5.74, 6) is 0.108. The zero-order valence-electron chi connectivity index (χ0n) is 6.96. The lowest BCUT2D eigenvalue weighted by atomic mass is 10.2. The molecule has 0 aromatic carbocycles. The van der Waals surface area contributed by atoms with Gasteiger partial charge in [0.25, 0.3) is 0 Å². The van der Waals surface area contributed by atoms with Gasteiger partial charge >= 0.3 is 0 Å². The van der Waals surface area contributed by atoms with E-state index in [2.05, 4.69) is 5.32 Å². The van der Waals surface area contributed by atoms with Crippen molar-refractivity contribution >= 4 is 5.91 Å². The largest absolute Gasteiger partial charge is 0.378 e. The highest BCUT2D eigenvalue weighted by Gasteiger charge is 2.18. The van der Waals surface area contributed by atoms with Crippen molar-refractivity contribution in [1.29, 1.82) is 0 Å². The van der Waals surface area contributed by atoms with Gasteiger partial charge in [0, 0.05) is 14.1 Å². The summed E-state index contributed by atoms with van der Waals surface area (Å²) in [6, 6.07) is 0.388. The van der Waals surface area contributed by atoms with Crippen LogP contribution >= 0.6 is 0 Å². The molecule has 64 valence electrons. The summed E-state index contributed by atoms with van der Waals surface area (Å²) >= 11 is 0. The zero-order chi connectivity index (χ0) is 8.27. The second-order valence-corrected chi connectivity index (χ2v) is 2.90. The Morgan fingerprint density at radius 2 is 2.27 bits per heavy atom. The van der Waals surface area contributed by atoms with E-state index in [4.69, 9.17) is 4.74 Å². The summed E-state index contributed by atoms with van der Waals surface area (Å²) in [5, 5.41) is 3.08. The van der Waals surface area contributed by atoms with Crippen molar-refractivity contribution in [2.75, 3.05) is 33.9 Å². The Bertz CT molecular complexity index is 143. The highest BCUT2D eigenvalue weighted by Crippen LogP contribution is 1.98. The molecule has 4 heteroatoms. The molecule has 1 rings (SSSR count). The normalized spacial score (nSPS) is 17.6. The third kappa shape index (κ3) is 2.48. The van der Waals surface area contributed by atoms with E-state index in [1.807, 2.05) is 0 Å². The molecule has 1 N–H and O–H groups in total. The minimum Gasteiger partial charge on any atom is -0.378 e. The predicted octanol–water partition coefficient (Wildman–Crippen LogP) is -0.937. The molecular formula is C7H14N2O2.